The van der Waals surface area contributed by atoms with Crippen LogP contribution in [0.15, 0.2) is 27.6 Å². The van der Waals surface area contributed by atoms with E-state index in [-0.39, 0.29) is 0 Å². The minimum atomic E-state index is 0.888. The lowest BCUT2D eigenvalue weighted by molar-refractivity contribution is 1.40. The summed E-state index contributed by atoms with van der Waals surface area (Å²) in [6.07, 6.45) is 0. The minimum absolute atomic E-state index is 0.888. The van der Waals surface area contributed by atoms with E-state index in [0.29, 0.717) is 0 Å². The molecule has 4 heteroatoms. The molecule has 0 radical (unpaired) electrons. The largest absolute Gasteiger partial charge is 0.347 e. The molecule has 1 N–H and O–H groups in total. The Balaban J connectivity index is 2.50. The number of halogens is 1. The number of anilines is 1. The summed E-state index contributed by atoms with van der Waals surface area (Å²) in [5.74, 6) is 0.888. The third kappa shape index (κ3) is 1.51. The summed E-state index contributed by atoms with van der Waals surface area (Å²) in [7, 11) is 0. The Hall–Kier alpha value is -0.0600. The number of rotatable bonds is 0. The van der Waals surface area contributed by atoms with Gasteiger partial charge in [0, 0.05) is 15.1 Å². The number of thioether (sulfide) groups is 1. The molecule has 0 unspecified atom stereocenters. The molecule has 62 valence electrons. The fourth-order valence-corrected chi connectivity index (χ4v) is 2.78. The number of nitrogens with one attached hydrogen (secondary N) is 1. The highest BCUT2D eigenvalue weighted by atomic mass is 79.9. The zero-order valence-electron chi connectivity index (χ0n) is 6.13. The molecule has 0 saturated heterocycles. The van der Waals surface area contributed by atoms with Gasteiger partial charge in [-0.2, -0.15) is 0 Å². The van der Waals surface area contributed by atoms with Crippen molar-refractivity contribution >= 4 is 50.6 Å². The predicted molar refractivity (Wildman–Crippen MR) is 61.1 cm³/mol. The summed E-state index contributed by atoms with van der Waals surface area (Å²) in [6.45, 7) is 0. The van der Waals surface area contributed by atoms with E-state index in [1.54, 1.807) is 11.8 Å². The second-order valence-electron chi connectivity index (χ2n) is 2.45. The first kappa shape index (κ1) is 8.53. The lowest BCUT2D eigenvalue weighted by Crippen LogP contribution is -2.16. The molecule has 1 aliphatic rings. The second kappa shape index (κ2) is 3.36. The van der Waals surface area contributed by atoms with Crippen LogP contribution in [0.25, 0.3) is 0 Å². The Morgan fingerprint density at radius 2 is 2.33 bits per heavy atom. The summed E-state index contributed by atoms with van der Waals surface area (Å²) in [5.41, 5.74) is 1.11. The summed E-state index contributed by atoms with van der Waals surface area (Å²) < 4.78 is 1.08. The molecule has 1 heterocycles. The molecule has 0 spiro atoms. The van der Waals surface area contributed by atoms with Gasteiger partial charge in [-0.25, -0.2) is 0 Å². The van der Waals surface area contributed by atoms with Crippen LogP contribution < -0.4 is 5.32 Å². The van der Waals surface area contributed by atoms with Gasteiger partial charge in [0.2, 0.25) is 0 Å². The van der Waals surface area contributed by atoms with Crippen LogP contribution in [-0.2, 0) is 0 Å². The number of hydrogen-bond donors (Lipinski definition) is 1. The van der Waals surface area contributed by atoms with Gasteiger partial charge in [0.25, 0.3) is 0 Å². The van der Waals surface area contributed by atoms with E-state index in [1.807, 2.05) is 12.1 Å². The Kier molecular flexibility index (Phi) is 2.39. The van der Waals surface area contributed by atoms with E-state index in [9.17, 15) is 0 Å². The van der Waals surface area contributed by atoms with E-state index in [2.05, 4.69) is 27.3 Å². The number of hydrogen-bond acceptors (Lipinski definition) is 2. The van der Waals surface area contributed by atoms with Crippen LogP contribution in [0.3, 0.4) is 0 Å². The van der Waals surface area contributed by atoms with Crippen molar-refractivity contribution in [2.75, 3.05) is 11.1 Å². The van der Waals surface area contributed by atoms with Gasteiger partial charge >= 0.3 is 0 Å². The van der Waals surface area contributed by atoms with Gasteiger partial charge in [-0.05, 0) is 28.1 Å². The predicted octanol–water partition coefficient (Wildman–Crippen LogP) is 3.29. The van der Waals surface area contributed by atoms with E-state index in [0.717, 1.165) is 20.9 Å². The molecule has 0 saturated carbocycles. The molecule has 1 aromatic rings. The van der Waals surface area contributed by atoms with Gasteiger partial charge in [0.1, 0.15) is 0 Å². The fraction of sp³-hybridized carbons (Fsp3) is 0.125. The first-order valence-corrected chi connectivity index (χ1v) is 5.67. The first-order valence-electron chi connectivity index (χ1n) is 3.48. The van der Waals surface area contributed by atoms with E-state index >= 15 is 0 Å². The summed E-state index contributed by atoms with van der Waals surface area (Å²) >= 11 is 10.3. The third-order valence-electron chi connectivity index (χ3n) is 1.60. The van der Waals surface area contributed by atoms with Crippen molar-refractivity contribution in [2.24, 2.45) is 0 Å². The van der Waals surface area contributed by atoms with Crippen LogP contribution in [0.5, 0.6) is 0 Å². The van der Waals surface area contributed by atoms with Gasteiger partial charge < -0.3 is 5.32 Å². The smallest absolute Gasteiger partial charge is 0.0902 e. The molecule has 0 aliphatic carbocycles. The monoisotopic (exact) mass is 259 g/mol. The standard InChI is InChI=1S/C8H6BrNS2/c9-5-2-1-3-6-8(5)10-7(11)4-12-6/h1-3H,4H2,(H,10,11). The van der Waals surface area contributed by atoms with Crippen LogP contribution in [0.4, 0.5) is 5.69 Å². The van der Waals surface area contributed by atoms with E-state index in [4.69, 9.17) is 12.2 Å². The zero-order chi connectivity index (χ0) is 8.55. The molecule has 0 amide bonds. The van der Waals surface area contributed by atoms with Crippen molar-refractivity contribution < 1.29 is 0 Å². The fourth-order valence-electron chi connectivity index (χ4n) is 1.06. The summed E-state index contributed by atoms with van der Waals surface area (Å²) in [6, 6.07) is 6.14. The Morgan fingerprint density at radius 1 is 1.50 bits per heavy atom. The number of fused-ring (bicyclic) bond motifs is 1. The molecule has 1 aliphatic heterocycles. The van der Waals surface area contributed by atoms with Gasteiger partial charge in [-0.1, -0.05) is 18.3 Å². The number of para-hydroxylation sites is 1. The molecule has 0 fully saturated rings. The molecule has 12 heavy (non-hydrogen) atoms. The van der Waals surface area contributed by atoms with Crippen LogP contribution in [-0.4, -0.2) is 10.7 Å². The summed E-state index contributed by atoms with van der Waals surface area (Å²) in [5, 5.41) is 3.19. The molecule has 0 atom stereocenters. The Morgan fingerprint density at radius 3 is 3.17 bits per heavy atom. The maximum Gasteiger partial charge on any atom is 0.0902 e. The topological polar surface area (TPSA) is 12.0 Å². The third-order valence-corrected chi connectivity index (χ3v) is 3.77. The molecule has 2 rings (SSSR count). The van der Waals surface area contributed by atoms with Crippen molar-refractivity contribution in [1.29, 1.82) is 0 Å². The number of thiocarbonyl (C=S) groups is 1. The molecular weight excluding hydrogens is 254 g/mol. The Bertz CT molecular complexity index is 338. The van der Waals surface area contributed by atoms with Crippen LogP contribution in [0, 0.1) is 0 Å². The van der Waals surface area contributed by atoms with E-state index in [1.165, 1.54) is 4.90 Å². The second-order valence-corrected chi connectivity index (χ2v) is 4.81. The van der Waals surface area contributed by atoms with Crippen molar-refractivity contribution in [2.45, 2.75) is 4.90 Å². The molecule has 0 aromatic heterocycles. The van der Waals surface area contributed by atoms with Crippen molar-refractivity contribution in [3.63, 3.8) is 0 Å². The van der Waals surface area contributed by atoms with Crippen LogP contribution in [0.1, 0.15) is 0 Å². The molecule has 0 bridgehead atoms. The molecular formula is C8H6BrNS2. The minimum Gasteiger partial charge on any atom is -0.347 e. The molecule has 1 nitrogen and oxygen atoms in total. The highest BCUT2D eigenvalue weighted by Crippen LogP contribution is 2.36. The van der Waals surface area contributed by atoms with Crippen molar-refractivity contribution in [3.05, 3.63) is 22.7 Å². The summed E-state index contributed by atoms with van der Waals surface area (Å²) in [4.78, 5) is 2.16. The average Bonchev–Trinajstić information content (AvgIpc) is 2.07. The average molecular weight is 260 g/mol. The highest BCUT2D eigenvalue weighted by molar-refractivity contribution is 9.10. The lowest BCUT2D eigenvalue weighted by atomic mass is 10.3. The van der Waals surface area contributed by atoms with E-state index < -0.39 is 0 Å². The van der Waals surface area contributed by atoms with Gasteiger partial charge in [-0.15, -0.1) is 11.8 Å². The van der Waals surface area contributed by atoms with Crippen LogP contribution >= 0.6 is 39.9 Å². The lowest BCUT2D eigenvalue weighted by Gasteiger charge is -2.18. The molecule has 1 aromatic carbocycles. The number of benzene rings is 1. The quantitative estimate of drug-likeness (QED) is 0.719. The highest BCUT2D eigenvalue weighted by Gasteiger charge is 2.14. The van der Waals surface area contributed by atoms with Gasteiger partial charge in [0.05, 0.1) is 10.7 Å². The normalized spacial score (nSPS) is 15.2. The van der Waals surface area contributed by atoms with Gasteiger partial charge in [-0.3, -0.25) is 0 Å². The van der Waals surface area contributed by atoms with Gasteiger partial charge in [0.15, 0.2) is 0 Å². The van der Waals surface area contributed by atoms with Crippen molar-refractivity contribution in [1.82, 2.24) is 0 Å². The zero-order valence-corrected chi connectivity index (χ0v) is 9.35. The SMILES string of the molecule is S=C1CSc2cccc(Br)c2N1. The maximum absolute atomic E-state index is 5.09. The first-order chi connectivity index (χ1) is 5.77. The maximum atomic E-state index is 5.09. The van der Waals surface area contributed by atoms with Crippen molar-refractivity contribution in [3.8, 4) is 0 Å². The van der Waals surface area contributed by atoms with Crippen LogP contribution in [0.2, 0.25) is 0 Å². The Labute approximate surface area is 89.1 Å².